The summed E-state index contributed by atoms with van der Waals surface area (Å²) >= 11 is 0. The number of carbonyl (C=O) groups is 1. The molecule has 1 fully saturated rings. The first-order valence-electron chi connectivity index (χ1n) is 12.4. The molecule has 2 atom stereocenters. The van der Waals surface area contributed by atoms with Crippen LogP contribution in [0.1, 0.15) is 36.8 Å². The molecule has 1 aliphatic rings. The Morgan fingerprint density at radius 2 is 1.92 bits per heavy atom. The van der Waals surface area contributed by atoms with Gasteiger partial charge >= 0.3 is 0 Å². The monoisotopic (exact) mass is 481 g/mol. The number of benzene rings is 2. The van der Waals surface area contributed by atoms with Gasteiger partial charge in [0, 0.05) is 35.9 Å². The van der Waals surface area contributed by atoms with Gasteiger partial charge in [-0.05, 0) is 68.0 Å². The molecule has 4 aromatic rings. The summed E-state index contributed by atoms with van der Waals surface area (Å²) in [6.07, 6.45) is 7.52. The number of rotatable bonds is 8. The molecule has 184 valence electrons. The number of aromatic amines is 1. The molecule has 2 aromatic heterocycles. The molecule has 1 aliphatic carbocycles. The van der Waals surface area contributed by atoms with Crippen molar-refractivity contribution in [3.63, 3.8) is 0 Å². The molecule has 0 radical (unpaired) electrons. The van der Waals surface area contributed by atoms with Gasteiger partial charge < -0.3 is 16.0 Å². The number of H-pyrrole nitrogens is 1. The maximum absolute atomic E-state index is 11.4. The highest BCUT2D eigenvalue weighted by molar-refractivity contribution is 5.98. The van der Waals surface area contributed by atoms with Crippen molar-refractivity contribution < 1.29 is 4.79 Å². The van der Waals surface area contributed by atoms with Gasteiger partial charge in [0.05, 0.1) is 11.2 Å². The Kier molecular flexibility index (Phi) is 7.04. The van der Waals surface area contributed by atoms with Crippen molar-refractivity contribution in [1.29, 1.82) is 0 Å². The standard InChI is InChI=1S/C28H31N7O/c1-3-25(36)31-20-13-11-19(12-14-20)17-29-21-7-6-8-22(15-21)32-28-30-16-18(2)26(33-28)27-23-9-4-5-10-24(23)34-35-27/h3-5,9-14,16,21-22,29H,1,6-8,15,17H2,2H3,(H,31,36)(H,34,35)(H,30,32,33). The van der Waals surface area contributed by atoms with E-state index >= 15 is 0 Å². The average molecular weight is 482 g/mol. The van der Waals surface area contributed by atoms with E-state index < -0.39 is 0 Å². The summed E-state index contributed by atoms with van der Waals surface area (Å²) in [5, 5.41) is 18.7. The fourth-order valence-electron chi connectivity index (χ4n) is 4.75. The summed E-state index contributed by atoms with van der Waals surface area (Å²) in [4.78, 5) is 20.9. The largest absolute Gasteiger partial charge is 0.351 e. The number of fused-ring (bicyclic) bond motifs is 1. The van der Waals surface area contributed by atoms with Crippen LogP contribution in [0.4, 0.5) is 11.6 Å². The highest BCUT2D eigenvalue weighted by Gasteiger charge is 2.23. The third-order valence-electron chi connectivity index (χ3n) is 6.68. The molecule has 1 amide bonds. The second kappa shape index (κ2) is 10.7. The Morgan fingerprint density at radius 3 is 2.75 bits per heavy atom. The van der Waals surface area contributed by atoms with Crippen LogP contribution < -0.4 is 16.0 Å². The SMILES string of the molecule is C=CC(=O)Nc1ccc(CNC2CCCC(Nc3ncc(C)c(-c4n[nH]c5ccccc45)n3)C2)cc1. The van der Waals surface area contributed by atoms with Gasteiger partial charge in [-0.25, -0.2) is 9.97 Å². The number of carbonyl (C=O) groups excluding carboxylic acids is 1. The minimum atomic E-state index is -0.205. The lowest BCUT2D eigenvalue weighted by Crippen LogP contribution is -2.38. The van der Waals surface area contributed by atoms with Crippen LogP contribution in [0.3, 0.4) is 0 Å². The molecule has 5 rings (SSSR count). The maximum Gasteiger partial charge on any atom is 0.247 e. The highest BCUT2D eigenvalue weighted by Crippen LogP contribution is 2.28. The summed E-state index contributed by atoms with van der Waals surface area (Å²) in [5.74, 6) is 0.439. The van der Waals surface area contributed by atoms with E-state index in [9.17, 15) is 4.79 Å². The molecule has 4 N–H and O–H groups in total. The Hall–Kier alpha value is -4.04. The van der Waals surface area contributed by atoms with Crippen LogP contribution in [0.5, 0.6) is 0 Å². The van der Waals surface area contributed by atoms with Crippen LogP contribution in [0.2, 0.25) is 0 Å². The summed E-state index contributed by atoms with van der Waals surface area (Å²) in [6, 6.07) is 16.7. The first-order valence-corrected chi connectivity index (χ1v) is 12.4. The number of aryl methyl sites for hydroxylation is 1. The molecule has 2 aromatic carbocycles. The summed E-state index contributed by atoms with van der Waals surface area (Å²) < 4.78 is 0. The molecular weight excluding hydrogens is 450 g/mol. The van der Waals surface area contributed by atoms with Crippen LogP contribution in [-0.2, 0) is 11.3 Å². The molecule has 8 nitrogen and oxygen atoms in total. The number of para-hydroxylation sites is 1. The van der Waals surface area contributed by atoms with E-state index in [0.29, 0.717) is 18.0 Å². The predicted octanol–water partition coefficient (Wildman–Crippen LogP) is 4.97. The van der Waals surface area contributed by atoms with Crippen molar-refractivity contribution in [1.82, 2.24) is 25.5 Å². The van der Waals surface area contributed by atoms with Crippen molar-refractivity contribution >= 4 is 28.4 Å². The first kappa shape index (κ1) is 23.7. The van der Waals surface area contributed by atoms with E-state index in [0.717, 1.165) is 65.8 Å². The fraction of sp³-hybridized carbons (Fsp3) is 0.286. The second-order valence-corrected chi connectivity index (χ2v) is 9.32. The van der Waals surface area contributed by atoms with Crippen molar-refractivity contribution in [2.75, 3.05) is 10.6 Å². The van der Waals surface area contributed by atoms with Crippen LogP contribution >= 0.6 is 0 Å². The molecule has 0 aliphatic heterocycles. The molecule has 8 heteroatoms. The maximum atomic E-state index is 11.4. The molecule has 36 heavy (non-hydrogen) atoms. The zero-order valence-electron chi connectivity index (χ0n) is 20.4. The number of nitrogens with one attached hydrogen (secondary N) is 4. The number of hydrogen-bond donors (Lipinski definition) is 4. The van der Waals surface area contributed by atoms with E-state index in [1.807, 2.05) is 55.6 Å². The van der Waals surface area contributed by atoms with Crippen molar-refractivity contribution in [3.05, 3.63) is 78.5 Å². The number of amides is 1. The lowest BCUT2D eigenvalue weighted by Gasteiger charge is -2.30. The molecule has 2 heterocycles. The molecule has 0 bridgehead atoms. The normalized spacial score (nSPS) is 17.6. The highest BCUT2D eigenvalue weighted by atomic mass is 16.1. The third kappa shape index (κ3) is 5.44. The minimum absolute atomic E-state index is 0.205. The van der Waals surface area contributed by atoms with Crippen molar-refractivity contribution in [3.8, 4) is 11.4 Å². The Bertz CT molecular complexity index is 1360. The number of hydrogen-bond acceptors (Lipinski definition) is 6. The van der Waals surface area contributed by atoms with Gasteiger partial charge in [0.2, 0.25) is 11.9 Å². The van der Waals surface area contributed by atoms with Crippen molar-refractivity contribution in [2.24, 2.45) is 0 Å². The van der Waals surface area contributed by atoms with Crippen LogP contribution in [0, 0.1) is 6.92 Å². The Labute approximate surface area is 210 Å². The van der Waals surface area contributed by atoms with Gasteiger partial charge in [-0.15, -0.1) is 0 Å². The zero-order valence-corrected chi connectivity index (χ0v) is 20.4. The average Bonchev–Trinajstić information content (AvgIpc) is 3.33. The summed E-state index contributed by atoms with van der Waals surface area (Å²) in [6.45, 7) is 6.28. The Balaban J connectivity index is 1.20. The van der Waals surface area contributed by atoms with Crippen LogP contribution in [-0.4, -0.2) is 38.2 Å². The molecule has 1 saturated carbocycles. The lowest BCUT2D eigenvalue weighted by molar-refractivity contribution is -0.111. The topological polar surface area (TPSA) is 108 Å². The summed E-state index contributed by atoms with van der Waals surface area (Å²) in [7, 11) is 0. The van der Waals surface area contributed by atoms with Gasteiger partial charge in [-0.2, -0.15) is 5.10 Å². The van der Waals surface area contributed by atoms with Gasteiger partial charge in [0.15, 0.2) is 0 Å². The minimum Gasteiger partial charge on any atom is -0.351 e. The molecule has 0 spiro atoms. The second-order valence-electron chi connectivity index (χ2n) is 9.32. The summed E-state index contributed by atoms with van der Waals surface area (Å²) in [5.41, 5.74) is 5.65. The van der Waals surface area contributed by atoms with E-state index in [1.165, 1.54) is 11.6 Å². The van der Waals surface area contributed by atoms with E-state index in [-0.39, 0.29) is 5.91 Å². The van der Waals surface area contributed by atoms with Gasteiger partial charge in [-0.3, -0.25) is 9.89 Å². The van der Waals surface area contributed by atoms with Gasteiger partial charge in [-0.1, -0.05) is 36.9 Å². The first-order chi connectivity index (χ1) is 17.6. The fourth-order valence-corrected chi connectivity index (χ4v) is 4.75. The lowest BCUT2D eigenvalue weighted by atomic mass is 9.91. The quantitative estimate of drug-likeness (QED) is 0.265. The van der Waals surface area contributed by atoms with E-state index in [4.69, 9.17) is 4.98 Å². The number of anilines is 2. The van der Waals surface area contributed by atoms with Crippen LogP contribution in [0.15, 0.2) is 67.4 Å². The number of aromatic nitrogens is 4. The van der Waals surface area contributed by atoms with E-state index in [1.54, 1.807) is 0 Å². The molecule has 0 saturated heterocycles. The predicted molar refractivity (Wildman–Crippen MR) is 144 cm³/mol. The van der Waals surface area contributed by atoms with E-state index in [2.05, 4.69) is 43.8 Å². The smallest absolute Gasteiger partial charge is 0.247 e. The van der Waals surface area contributed by atoms with Gasteiger partial charge in [0.1, 0.15) is 5.69 Å². The third-order valence-corrected chi connectivity index (χ3v) is 6.68. The number of nitrogens with zero attached hydrogens (tertiary/aromatic N) is 3. The van der Waals surface area contributed by atoms with Gasteiger partial charge in [0.25, 0.3) is 0 Å². The molecular formula is C28H31N7O. The molecule has 2 unspecified atom stereocenters. The Morgan fingerprint density at radius 1 is 1.11 bits per heavy atom. The van der Waals surface area contributed by atoms with Crippen LogP contribution in [0.25, 0.3) is 22.3 Å². The van der Waals surface area contributed by atoms with Crippen molar-refractivity contribution in [2.45, 2.75) is 51.2 Å². The zero-order chi connectivity index (χ0) is 24.9.